The van der Waals surface area contributed by atoms with Gasteiger partial charge in [-0.2, -0.15) is 0 Å². The van der Waals surface area contributed by atoms with Crippen LogP contribution in [0.5, 0.6) is 0 Å². The Morgan fingerprint density at radius 3 is 2.45 bits per heavy atom. The standard InChI is InChI=1S/C16H17N3O3/c1-8-11-12(14(21)19(3)13(11)20)16(17-8)9-6-4-5-7-10(9)18(2)15(16)22/h4-8,11-12,17H,1-3H3/t8-,11-,12+,16-/m0/s1. The molecule has 1 spiro atoms. The third-order valence-corrected chi connectivity index (χ3v) is 5.36. The van der Waals surface area contributed by atoms with Gasteiger partial charge in [0.25, 0.3) is 5.91 Å². The summed E-state index contributed by atoms with van der Waals surface area (Å²) in [5.74, 6) is -1.79. The molecule has 0 radical (unpaired) electrons. The molecule has 3 aliphatic heterocycles. The average molecular weight is 299 g/mol. The number of hydrogen-bond acceptors (Lipinski definition) is 4. The number of imide groups is 1. The lowest BCUT2D eigenvalue weighted by Crippen LogP contribution is -2.54. The first kappa shape index (κ1) is 13.5. The Morgan fingerprint density at radius 1 is 1.05 bits per heavy atom. The maximum Gasteiger partial charge on any atom is 0.252 e. The first-order valence-electron chi connectivity index (χ1n) is 7.38. The summed E-state index contributed by atoms with van der Waals surface area (Å²) in [6.07, 6.45) is 0. The Kier molecular flexibility index (Phi) is 2.42. The molecule has 1 N–H and O–H groups in total. The van der Waals surface area contributed by atoms with Gasteiger partial charge in [0.1, 0.15) is 5.54 Å². The fourth-order valence-electron chi connectivity index (χ4n) is 4.36. The van der Waals surface area contributed by atoms with Crippen molar-refractivity contribution in [3.05, 3.63) is 29.8 Å². The highest BCUT2D eigenvalue weighted by Gasteiger charge is 2.69. The Bertz CT molecular complexity index is 731. The second kappa shape index (κ2) is 3.95. The number of hydrogen-bond donors (Lipinski definition) is 1. The molecule has 6 heteroatoms. The number of anilines is 1. The molecule has 6 nitrogen and oxygen atoms in total. The molecular weight excluding hydrogens is 282 g/mol. The third-order valence-electron chi connectivity index (χ3n) is 5.36. The molecule has 0 aliphatic carbocycles. The molecular formula is C16H17N3O3. The zero-order valence-electron chi connectivity index (χ0n) is 12.7. The van der Waals surface area contributed by atoms with Gasteiger partial charge in [-0.15, -0.1) is 0 Å². The molecule has 0 bridgehead atoms. The summed E-state index contributed by atoms with van der Waals surface area (Å²) < 4.78 is 0. The lowest BCUT2D eigenvalue weighted by atomic mass is 9.76. The van der Waals surface area contributed by atoms with Gasteiger partial charge in [0.05, 0.1) is 11.8 Å². The number of para-hydroxylation sites is 1. The molecule has 3 aliphatic rings. The van der Waals surface area contributed by atoms with E-state index in [0.29, 0.717) is 0 Å². The molecule has 3 heterocycles. The number of carbonyl (C=O) groups is 3. The molecule has 1 aromatic carbocycles. The van der Waals surface area contributed by atoms with Crippen LogP contribution in [0.15, 0.2) is 24.3 Å². The Balaban J connectivity index is 1.98. The summed E-state index contributed by atoms with van der Waals surface area (Å²) in [5, 5.41) is 3.29. The van der Waals surface area contributed by atoms with E-state index in [2.05, 4.69) is 5.32 Å². The van der Waals surface area contributed by atoms with Crippen LogP contribution < -0.4 is 10.2 Å². The van der Waals surface area contributed by atoms with Crippen LogP contribution in [0.1, 0.15) is 12.5 Å². The summed E-state index contributed by atoms with van der Waals surface area (Å²) >= 11 is 0. The lowest BCUT2D eigenvalue weighted by molar-refractivity contribution is -0.141. The highest BCUT2D eigenvalue weighted by Crippen LogP contribution is 2.53. The van der Waals surface area contributed by atoms with Gasteiger partial charge in [0.15, 0.2) is 0 Å². The van der Waals surface area contributed by atoms with E-state index in [4.69, 9.17) is 0 Å². The quantitative estimate of drug-likeness (QED) is 0.689. The van der Waals surface area contributed by atoms with Crippen LogP contribution in [0.25, 0.3) is 0 Å². The molecule has 2 saturated heterocycles. The molecule has 4 atom stereocenters. The molecule has 0 aromatic heterocycles. The highest BCUT2D eigenvalue weighted by molar-refractivity contribution is 6.15. The number of amides is 3. The van der Waals surface area contributed by atoms with E-state index in [9.17, 15) is 14.4 Å². The van der Waals surface area contributed by atoms with Crippen molar-refractivity contribution in [3.8, 4) is 0 Å². The van der Waals surface area contributed by atoms with Crippen molar-refractivity contribution in [1.82, 2.24) is 10.2 Å². The van der Waals surface area contributed by atoms with Gasteiger partial charge in [-0.05, 0) is 13.0 Å². The van der Waals surface area contributed by atoms with Crippen molar-refractivity contribution in [3.63, 3.8) is 0 Å². The van der Waals surface area contributed by atoms with Crippen molar-refractivity contribution in [2.45, 2.75) is 18.5 Å². The van der Waals surface area contributed by atoms with E-state index in [0.717, 1.165) is 11.3 Å². The summed E-state index contributed by atoms with van der Waals surface area (Å²) in [6.45, 7) is 1.87. The molecule has 3 amide bonds. The fourth-order valence-corrected chi connectivity index (χ4v) is 4.36. The minimum atomic E-state index is -1.12. The number of carbonyl (C=O) groups excluding carboxylic acids is 3. The van der Waals surface area contributed by atoms with Crippen LogP contribution in [0.2, 0.25) is 0 Å². The first-order chi connectivity index (χ1) is 10.4. The summed E-state index contributed by atoms with van der Waals surface area (Å²) in [7, 11) is 3.21. The number of likely N-dealkylation sites (tertiary alicyclic amines) is 1. The first-order valence-corrected chi connectivity index (χ1v) is 7.38. The maximum absolute atomic E-state index is 13.0. The predicted molar refractivity (Wildman–Crippen MR) is 78.9 cm³/mol. The number of fused-ring (bicyclic) bond motifs is 4. The SMILES string of the molecule is C[C@@H]1N[C@]2(C(=O)N(C)c3ccccc32)[C@H]2C(=O)N(C)C(=O)[C@@H]12. The van der Waals surface area contributed by atoms with Gasteiger partial charge in [-0.3, -0.25) is 24.6 Å². The van der Waals surface area contributed by atoms with Crippen LogP contribution in [-0.2, 0) is 19.9 Å². The summed E-state index contributed by atoms with van der Waals surface area (Å²) in [5.41, 5.74) is 0.466. The van der Waals surface area contributed by atoms with Gasteiger partial charge in [0, 0.05) is 31.4 Å². The maximum atomic E-state index is 13.0. The number of rotatable bonds is 0. The van der Waals surface area contributed by atoms with E-state index in [1.165, 1.54) is 11.9 Å². The van der Waals surface area contributed by atoms with Gasteiger partial charge < -0.3 is 4.90 Å². The Hall–Kier alpha value is -2.21. The van der Waals surface area contributed by atoms with E-state index < -0.39 is 17.4 Å². The number of likely N-dealkylation sites (N-methyl/N-ethyl adjacent to an activating group) is 1. The van der Waals surface area contributed by atoms with Crippen LogP contribution in [0.4, 0.5) is 5.69 Å². The molecule has 114 valence electrons. The summed E-state index contributed by atoms with van der Waals surface area (Å²) in [4.78, 5) is 40.8. The molecule has 0 saturated carbocycles. The topological polar surface area (TPSA) is 69.7 Å². The van der Waals surface area contributed by atoms with Crippen molar-refractivity contribution in [2.75, 3.05) is 19.0 Å². The minimum absolute atomic E-state index is 0.163. The molecule has 2 fully saturated rings. The van der Waals surface area contributed by atoms with Crippen molar-refractivity contribution in [1.29, 1.82) is 0 Å². The molecule has 1 aromatic rings. The fraction of sp³-hybridized carbons (Fsp3) is 0.438. The lowest BCUT2D eigenvalue weighted by Gasteiger charge is -2.29. The van der Waals surface area contributed by atoms with Crippen molar-refractivity contribution >= 4 is 23.4 Å². The van der Waals surface area contributed by atoms with E-state index in [-0.39, 0.29) is 23.8 Å². The van der Waals surface area contributed by atoms with Gasteiger partial charge in [-0.1, -0.05) is 18.2 Å². The zero-order valence-corrected chi connectivity index (χ0v) is 12.7. The number of benzene rings is 1. The van der Waals surface area contributed by atoms with Gasteiger partial charge >= 0.3 is 0 Å². The second-order valence-electron chi connectivity index (χ2n) is 6.36. The minimum Gasteiger partial charge on any atom is -0.313 e. The smallest absolute Gasteiger partial charge is 0.252 e. The predicted octanol–water partition coefficient (Wildman–Crippen LogP) is 0.0810. The molecule has 0 unspecified atom stereocenters. The highest BCUT2D eigenvalue weighted by atomic mass is 16.2. The van der Waals surface area contributed by atoms with Crippen LogP contribution >= 0.6 is 0 Å². The average Bonchev–Trinajstić information content (AvgIpc) is 3.03. The second-order valence-corrected chi connectivity index (χ2v) is 6.36. The largest absolute Gasteiger partial charge is 0.313 e. The molecule has 4 rings (SSSR count). The van der Waals surface area contributed by atoms with Crippen LogP contribution in [-0.4, -0.2) is 42.8 Å². The van der Waals surface area contributed by atoms with Gasteiger partial charge in [-0.25, -0.2) is 0 Å². The van der Waals surface area contributed by atoms with E-state index >= 15 is 0 Å². The van der Waals surface area contributed by atoms with E-state index in [1.807, 2.05) is 31.2 Å². The number of nitrogens with zero attached hydrogens (tertiary/aromatic N) is 2. The third kappa shape index (κ3) is 1.23. The zero-order chi connectivity index (χ0) is 15.8. The number of nitrogens with one attached hydrogen (secondary N) is 1. The Morgan fingerprint density at radius 2 is 1.73 bits per heavy atom. The monoisotopic (exact) mass is 299 g/mol. The summed E-state index contributed by atoms with van der Waals surface area (Å²) in [6, 6.07) is 7.24. The normalized spacial score (nSPS) is 36.5. The van der Waals surface area contributed by atoms with Crippen LogP contribution in [0, 0.1) is 11.8 Å². The van der Waals surface area contributed by atoms with Crippen LogP contribution in [0.3, 0.4) is 0 Å². The van der Waals surface area contributed by atoms with Crippen molar-refractivity contribution in [2.24, 2.45) is 11.8 Å². The Labute approximate surface area is 128 Å². The van der Waals surface area contributed by atoms with E-state index in [1.54, 1.807) is 11.9 Å². The molecule has 22 heavy (non-hydrogen) atoms. The van der Waals surface area contributed by atoms with Crippen molar-refractivity contribution < 1.29 is 14.4 Å². The van der Waals surface area contributed by atoms with Gasteiger partial charge in [0.2, 0.25) is 11.8 Å².